The van der Waals surface area contributed by atoms with Gasteiger partial charge in [-0.15, -0.1) is 0 Å². The molecule has 1 N–H and O–H groups in total. The zero-order valence-electron chi connectivity index (χ0n) is 15.3. The number of hydrogen-bond donors (Lipinski definition) is 1. The van der Waals surface area contributed by atoms with Gasteiger partial charge in [0.05, 0.1) is 12.7 Å². The van der Waals surface area contributed by atoms with Crippen molar-refractivity contribution in [3.63, 3.8) is 0 Å². The highest BCUT2D eigenvalue weighted by molar-refractivity contribution is 5.89. The van der Waals surface area contributed by atoms with E-state index in [2.05, 4.69) is 10.1 Å². The molecule has 0 atom stereocenters. The molecule has 0 heterocycles. The van der Waals surface area contributed by atoms with Crippen LogP contribution in [0.4, 0.5) is 0 Å². The fourth-order valence-corrected chi connectivity index (χ4v) is 5.80. The Kier molecular flexibility index (Phi) is 4.63. The van der Waals surface area contributed by atoms with Crippen LogP contribution < -0.4 is 10.1 Å². The lowest BCUT2D eigenvalue weighted by molar-refractivity contribution is -0.125. The lowest BCUT2D eigenvalue weighted by atomic mass is 9.49. The number of ether oxygens (including phenoxy) is 2. The molecule has 0 spiro atoms. The van der Waals surface area contributed by atoms with Crippen LogP contribution in [0.15, 0.2) is 24.3 Å². The molecule has 26 heavy (non-hydrogen) atoms. The zero-order chi connectivity index (χ0) is 18.1. The van der Waals surface area contributed by atoms with Crippen LogP contribution in [-0.4, -0.2) is 32.1 Å². The van der Waals surface area contributed by atoms with E-state index in [0.29, 0.717) is 16.7 Å². The molecule has 0 aromatic heterocycles. The van der Waals surface area contributed by atoms with Crippen molar-refractivity contribution in [2.75, 3.05) is 20.3 Å². The minimum absolute atomic E-state index is 0.00391. The molecule has 4 aliphatic carbocycles. The highest BCUT2D eigenvalue weighted by Gasteiger charge is 2.50. The predicted molar refractivity (Wildman–Crippen MR) is 96.9 cm³/mol. The van der Waals surface area contributed by atoms with Gasteiger partial charge in [-0.05, 0) is 86.0 Å². The maximum atomic E-state index is 12.2. The molecule has 4 bridgehead atoms. The molecule has 0 aliphatic heterocycles. The molecule has 5 rings (SSSR count). The summed E-state index contributed by atoms with van der Waals surface area (Å²) < 4.78 is 10.2. The lowest BCUT2D eigenvalue weighted by Gasteiger charge is -2.56. The van der Waals surface area contributed by atoms with Gasteiger partial charge in [-0.25, -0.2) is 4.79 Å². The maximum absolute atomic E-state index is 12.2. The number of carbonyl (C=O) groups excluding carboxylic acids is 2. The lowest BCUT2D eigenvalue weighted by Crippen LogP contribution is -2.51. The highest BCUT2D eigenvalue weighted by Crippen LogP contribution is 2.59. The first-order valence-corrected chi connectivity index (χ1v) is 9.63. The second-order valence-corrected chi connectivity index (χ2v) is 8.50. The Balaban J connectivity index is 1.25. The molecule has 140 valence electrons. The summed E-state index contributed by atoms with van der Waals surface area (Å²) in [4.78, 5) is 23.6. The van der Waals surface area contributed by atoms with Crippen LogP contribution in [0.3, 0.4) is 0 Å². The Morgan fingerprint density at radius 2 is 1.62 bits per heavy atom. The maximum Gasteiger partial charge on any atom is 0.337 e. The summed E-state index contributed by atoms with van der Waals surface area (Å²) in [6, 6.07) is 6.63. The van der Waals surface area contributed by atoms with Crippen molar-refractivity contribution < 1.29 is 19.1 Å². The van der Waals surface area contributed by atoms with Gasteiger partial charge >= 0.3 is 5.97 Å². The van der Waals surface area contributed by atoms with Crippen molar-refractivity contribution in [3.8, 4) is 5.75 Å². The molecule has 4 saturated carbocycles. The SMILES string of the molecule is COC(=O)c1ccc(OCC(=O)NCC23CC4CC(CC(C4)C2)C3)cc1. The first-order valence-electron chi connectivity index (χ1n) is 9.63. The summed E-state index contributed by atoms with van der Waals surface area (Å²) in [5.41, 5.74) is 0.804. The Morgan fingerprint density at radius 1 is 1.04 bits per heavy atom. The first-order chi connectivity index (χ1) is 12.5. The van der Waals surface area contributed by atoms with E-state index in [1.165, 1.54) is 45.6 Å². The van der Waals surface area contributed by atoms with E-state index in [0.717, 1.165) is 24.3 Å². The van der Waals surface area contributed by atoms with Gasteiger partial charge in [0.1, 0.15) is 5.75 Å². The highest BCUT2D eigenvalue weighted by atomic mass is 16.5. The smallest absolute Gasteiger partial charge is 0.337 e. The molecule has 5 heteroatoms. The van der Waals surface area contributed by atoms with E-state index in [1.54, 1.807) is 24.3 Å². The van der Waals surface area contributed by atoms with Gasteiger partial charge in [-0.1, -0.05) is 0 Å². The number of methoxy groups -OCH3 is 1. The average molecular weight is 357 g/mol. The van der Waals surface area contributed by atoms with Crippen LogP contribution in [0.2, 0.25) is 0 Å². The molecule has 4 aliphatic rings. The van der Waals surface area contributed by atoms with Gasteiger partial charge in [0.25, 0.3) is 5.91 Å². The number of rotatable bonds is 6. The quantitative estimate of drug-likeness (QED) is 0.794. The molecular weight excluding hydrogens is 330 g/mol. The standard InChI is InChI=1S/C21H27NO4/c1-25-20(24)17-2-4-18(5-3-17)26-12-19(23)22-13-21-9-14-6-15(10-21)8-16(7-14)11-21/h2-5,14-16H,6-13H2,1H3,(H,22,23). The van der Waals surface area contributed by atoms with Crippen LogP contribution in [0.5, 0.6) is 5.75 Å². The van der Waals surface area contributed by atoms with Gasteiger partial charge in [0.2, 0.25) is 0 Å². The van der Waals surface area contributed by atoms with E-state index in [9.17, 15) is 9.59 Å². The molecule has 0 unspecified atom stereocenters. The van der Waals surface area contributed by atoms with Crippen molar-refractivity contribution in [3.05, 3.63) is 29.8 Å². The Labute approximate surface area is 154 Å². The Bertz CT molecular complexity index is 646. The molecule has 1 aromatic carbocycles. The topological polar surface area (TPSA) is 64.6 Å². The largest absolute Gasteiger partial charge is 0.484 e. The van der Waals surface area contributed by atoms with Crippen molar-refractivity contribution in [1.82, 2.24) is 5.32 Å². The van der Waals surface area contributed by atoms with Crippen molar-refractivity contribution in [1.29, 1.82) is 0 Å². The molecule has 0 radical (unpaired) electrons. The second kappa shape index (κ2) is 6.93. The van der Waals surface area contributed by atoms with E-state index in [-0.39, 0.29) is 18.5 Å². The van der Waals surface area contributed by atoms with E-state index in [1.807, 2.05) is 0 Å². The molecule has 0 saturated heterocycles. The minimum atomic E-state index is -0.384. The number of carbonyl (C=O) groups is 2. The van der Waals surface area contributed by atoms with Gasteiger partial charge in [0.15, 0.2) is 6.61 Å². The third-order valence-corrected chi connectivity index (χ3v) is 6.47. The van der Waals surface area contributed by atoms with Crippen molar-refractivity contribution >= 4 is 11.9 Å². The number of nitrogens with one attached hydrogen (secondary N) is 1. The second-order valence-electron chi connectivity index (χ2n) is 8.50. The number of benzene rings is 1. The van der Waals surface area contributed by atoms with E-state index >= 15 is 0 Å². The Morgan fingerprint density at radius 3 is 2.15 bits per heavy atom. The molecule has 1 amide bonds. The van der Waals surface area contributed by atoms with Gasteiger partial charge < -0.3 is 14.8 Å². The van der Waals surface area contributed by atoms with Crippen LogP contribution in [0, 0.1) is 23.2 Å². The predicted octanol–water partition coefficient (Wildman–Crippen LogP) is 3.18. The molecule has 5 nitrogen and oxygen atoms in total. The van der Waals surface area contributed by atoms with E-state index in [4.69, 9.17) is 4.74 Å². The van der Waals surface area contributed by atoms with Gasteiger partial charge in [-0.3, -0.25) is 4.79 Å². The van der Waals surface area contributed by atoms with Gasteiger partial charge in [0, 0.05) is 6.54 Å². The van der Waals surface area contributed by atoms with Crippen LogP contribution in [-0.2, 0) is 9.53 Å². The monoisotopic (exact) mass is 357 g/mol. The van der Waals surface area contributed by atoms with Crippen LogP contribution >= 0.6 is 0 Å². The number of hydrogen-bond acceptors (Lipinski definition) is 4. The van der Waals surface area contributed by atoms with Crippen LogP contribution in [0.1, 0.15) is 48.9 Å². The molecular formula is C21H27NO4. The van der Waals surface area contributed by atoms with Crippen molar-refractivity contribution in [2.45, 2.75) is 38.5 Å². The number of amides is 1. The van der Waals surface area contributed by atoms with Crippen LogP contribution in [0.25, 0.3) is 0 Å². The third kappa shape index (κ3) is 3.57. The summed E-state index contributed by atoms with van der Waals surface area (Å²) >= 11 is 0. The molecule has 4 fully saturated rings. The van der Waals surface area contributed by atoms with Gasteiger partial charge in [-0.2, -0.15) is 0 Å². The fourth-order valence-electron chi connectivity index (χ4n) is 5.80. The first kappa shape index (κ1) is 17.4. The summed E-state index contributed by atoms with van der Waals surface area (Å²) in [6.45, 7) is 0.796. The van der Waals surface area contributed by atoms with Crippen molar-refractivity contribution in [2.24, 2.45) is 23.2 Å². The Hall–Kier alpha value is -2.04. The fraction of sp³-hybridized carbons (Fsp3) is 0.619. The summed E-state index contributed by atoms with van der Waals surface area (Å²) in [5, 5.41) is 3.11. The van der Waals surface area contributed by atoms with E-state index < -0.39 is 0 Å². The average Bonchev–Trinajstić information content (AvgIpc) is 2.63. The normalized spacial score (nSPS) is 31.5. The summed E-state index contributed by atoms with van der Waals surface area (Å²) in [7, 11) is 1.35. The third-order valence-electron chi connectivity index (χ3n) is 6.47. The minimum Gasteiger partial charge on any atom is -0.484 e. The summed E-state index contributed by atoms with van der Waals surface area (Å²) in [6.07, 6.45) is 8.10. The summed E-state index contributed by atoms with van der Waals surface area (Å²) in [5.74, 6) is 2.79. The zero-order valence-corrected chi connectivity index (χ0v) is 15.3. The molecule has 1 aromatic rings. The number of esters is 1.